The van der Waals surface area contributed by atoms with Gasteiger partial charge in [-0.25, -0.2) is 0 Å². The Bertz CT molecular complexity index is 245. The van der Waals surface area contributed by atoms with Gasteiger partial charge in [0, 0.05) is 7.11 Å². The van der Waals surface area contributed by atoms with Gasteiger partial charge >= 0.3 is 0 Å². The highest BCUT2D eigenvalue weighted by Crippen LogP contribution is 2.05. The molecule has 15 heavy (non-hydrogen) atoms. The Labute approximate surface area is 91.2 Å². The van der Waals surface area contributed by atoms with Gasteiger partial charge in [0.05, 0.1) is 19.3 Å². The topological polar surface area (TPSA) is 44.5 Å². The van der Waals surface area contributed by atoms with Crippen LogP contribution < -0.4 is 5.73 Å². The number of benzene rings is 1. The van der Waals surface area contributed by atoms with Crippen LogP contribution in [0.2, 0.25) is 0 Å². The predicted molar refractivity (Wildman–Crippen MR) is 60.6 cm³/mol. The predicted octanol–water partition coefficient (Wildman–Crippen LogP) is 1.57. The largest absolute Gasteiger partial charge is 0.382 e. The summed E-state index contributed by atoms with van der Waals surface area (Å²) in [5.41, 5.74) is 6.67. The maximum Gasteiger partial charge on any atom is 0.0824 e. The van der Waals surface area contributed by atoms with Crippen molar-refractivity contribution in [3.8, 4) is 0 Å². The highest BCUT2D eigenvalue weighted by atomic mass is 16.5. The van der Waals surface area contributed by atoms with Gasteiger partial charge in [-0.05, 0) is 18.5 Å². The lowest BCUT2D eigenvalue weighted by molar-refractivity contribution is -0.0140. The first-order valence-corrected chi connectivity index (χ1v) is 5.21. The molecule has 2 N–H and O–H groups in total. The first-order valence-electron chi connectivity index (χ1n) is 5.21. The fourth-order valence-corrected chi connectivity index (χ4v) is 1.37. The zero-order chi connectivity index (χ0) is 10.9. The van der Waals surface area contributed by atoms with Crippen molar-refractivity contribution in [3.63, 3.8) is 0 Å². The molecule has 1 aromatic carbocycles. The molecule has 0 saturated heterocycles. The van der Waals surface area contributed by atoms with E-state index in [4.69, 9.17) is 15.2 Å². The standard InChI is InChI=1S/C12H19NO2/c1-14-10-12(7-8-13)15-9-11-5-3-2-4-6-11/h2-6,12H,7-10,13H2,1H3. The monoisotopic (exact) mass is 209 g/mol. The molecule has 3 heteroatoms. The van der Waals surface area contributed by atoms with Crippen molar-refractivity contribution < 1.29 is 9.47 Å². The third kappa shape index (κ3) is 4.93. The Kier molecular flexibility index (Phi) is 6.00. The van der Waals surface area contributed by atoms with Crippen LogP contribution in [0.4, 0.5) is 0 Å². The molecular formula is C12H19NO2. The summed E-state index contributed by atoms with van der Waals surface area (Å²) in [6, 6.07) is 10.1. The molecule has 1 rings (SSSR count). The lowest BCUT2D eigenvalue weighted by Gasteiger charge is -2.16. The minimum Gasteiger partial charge on any atom is -0.382 e. The zero-order valence-electron chi connectivity index (χ0n) is 9.19. The third-order valence-corrected chi connectivity index (χ3v) is 2.17. The quantitative estimate of drug-likeness (QED) is 0.741. The molecule has 0 amide bonds. The van der Waals surface area contributed by atoms with Crippen molar-refractivity contribution in [2.24, 2.45) is 5.73 Å². The molecule has 3 nitrogen and oxygen atoms in total. The smallest absolute Gasteiger partial charge is 0.0824 e. The SMILES string of the molecule is COCC(CCN)OCc1ccccc1. The van der Waals surface area contributed by atoms with E-state index in [1.54, 1.807) is 7.11 Å². The van der Waals surface area contributed by atoms with Crippen LogP contribution in [0.1, 0.15) is 12.0 Å². The van der Waals surface area contributed by atoms with E-state index in [9.17, 15) is 0 Å². The van der Waals surface area contributed by atoms with Crippen molar-refractivity contribution in [1.29, 1.82) is 0 Å². The Morgan fingerprint density at radius 2 is 2.00 bits per heavy atom. The third-order valence-electron chi connectivity index (χ3n) is 2.17. The maximum absolute atomic E-state index is 5.70. The van der Waals surface area contributed by atoms with Crippen LogP contribution in [0, 0.1) is 0 Å². The van der Waals surface area contributed by atoms with Gasteiger partial charge in [0.1, 0.15) is 0 Å². The summed E-state index contributed by atoms with van der Waals surface area (Å²) in [5.74, 6) is 0. The van der Waals surface area contributed by atoms with E-state index in [2.05, 4.69) is 0 Å². The molecule has 0 spiro atoms. The molecule has 0 aliphatic carbocycles. The second-order valence-corrected chi connectivity index (χ2v) is 3.45. The summed E-state index contributed by atoms with van der Waals surface area (Å²) in [7, 11) is 1.68. The van der Waals surface area contributed by atoms with E-state index in [1.165, 1.54) is 5.56 Å². The summed E-state index contributed by atoms with van der Waals surface area (Å²) >= 11 is 0. The highest BCUT2D eigenvalue weighted by molar-refractivity contribution is 5.13. The molecule has 0 aromatic heterocycles. The minimum absolute atomic E-state index is 0.0974. The van der Waals surface area contributed by atoms with Gasteiger partial charge in [-0.3, -0.25) is 0 Å². The summed E-state index contributed by atoms with van der Waals surface area (Å²) in [5, 5.41) is 0. The van der Waals surface area contributed by atoms with Gasteiger partial charge in [0.15, 0.2) is 0 Å². The van der Waals surface area contributed by atoms with Crippen LogP contribution in [-0.2, 0) is 16.1 Å². The molecule has 0 aliphatic rings. The van der Waals surface area contributed by atoms with Crippen molar-refractivity contribution in [2.45, 2.75) is 19.1 Å². The summed E-state index contributed by atoms with van der Waals surface area (Å²) in [6.07, 6.45) is 0.931. The lowest BCUT2D eigenvalue weighted by atomic mass is 10.2. The highest BCUT2D eigenvalue weighted by Gasteiger charge is 2.07. The minimum atomic E-state index is 0.0974. The summed E-state index contributed by atoms with van der Waals surface area (Å²) in [4.78, 5) is 0. The van der Waals surface area contributed by atoms with E-state index in [1.807, 2.05) is 30.3 Å². The average Bonchev–Trinajstić information content (AvgIpc) is 2.28. The number of ether oxygens (including phenoxy) is 2. The fraction of sp³-hybridized carbons (Fsp3) is 0.500. The normalized spacial score (nSPS) is 12.7. The number of hydrogen-bond acceptors (Lipinski definition) is 3. The second-order valence-electron chi connectivity index (χ2n) is 3.45. The van der Waals surface area contributed by atoms with Crippen molar-refractivity contribution >= 4 is 0 Å². The first-order chi connectivity index (χ1) is 7.36. The van der Waals surface area contributed by atoms with Crippen LogP contribution >= 0.6 is 0 Å². The van der Waals surface area contributed by atoms with Crippen molar-refractivity contribution in [1.82, 2.24) is 0 Å². The molecule has 0 bridgehead atoms. The lowest BCUT2D eigenvalue weighted by Crippen LogP contribution is -2.22. The Hall–Kier alpha value is -0.900. The van der Waals surface area contributed by atoms with E-state index in [0.29, 0.717) is 19.8 Å². The van der Waals surface area contributed by atoms with Gasteiger partial charge < -0.3 is 15.2 Å². The van der Waals surface area contributed by atoms with E-state index >= 15 is 0 Å². The fourth-order valence-electron chi connectivity index (χ4n) is 1.37. The summed E-state index contributed by atoms with van der Waals surface area (Å²) in [6.45, 7) is 1.85. The molecule has 0 saturated carbocycles. The maximum atomic E-state index is 5.70. The number of hydrogen-bond donors (Lipinski definition) is 1. The number of methoxy groups -OCH3 is 1. The molecule has 0 radical (unpaired) electrons. The van der Waals surface area contributed by atoms with Gasteiger partial charge in [-0.15, -0.1) is 0 Å². The molecule has 0 fully saturated rings. The van der Waals surface area contributed by atoms with Gasteiger partial charge in [-0.1, -0.05) is 30.3 Å². The van der Waals surface area contributed by atoms with Crippen LogP contribution in [0.5, 0.6) is 0 Å². The van der Waals surface area contributed by atoms with Gasteiger partial charge in [-0.2, -0.15) is 0 Å². The molecule has 0 aliphatic heterocycles. The molecule has 84 valence electrons. The van der Waals surface area contributed by atoms with E-state index in [0.717, 1.165) is 6.42 Å². The van der Waals surface area contributed by atoms with Crippen LogP contribution in [-0.4, -0.2) is 26.4 Å². The molecule has 1 aromatic rings. The van der Waals surface area contributed by atoms with Crippen LogP contribution in [0.15, 0.2) is 30.3 Å². The van der Waals surface area contributed by atoms with E-state index in [-0.39, 0.29) is 6.10 Å². The Morgan fingerprint density at radius 3 is 2.60 bits per heavy atom. The Balaban J connectivity index is 2.33. The molecule has 1 atom stereocenters. The molecular weight excluding hydrogens is 190 g/mol. The first kappa shape index (κ1) is 12.2. The van der Waals surface area contributed by atoms with Crippen molar-refractivity contribution in [2.75, 3.05) is 20.3 Å². The second kappa shape index (κ2) is 7.40. The van der Waals surface area contributed by atoms with E-state index < -0.39 is 0 Å². The average molecular weight is 209 g/mol. The number of rotatable bonds is 7. The Morgan fingerprint density at radius 1 is 1.27 bits per heavy atom. The summed E-state index contributed by atoms with van der Waals surface area (Å²) < 4.78 is 10.8. The molecule has 1 unspecified atom stereocenters. The zero-order valence-corrected chi connectivity index (χ0v) is 9.19. The van der Waals surface area contributed by atoms with Gasteiger partial charge in [0.2, 0.25) is 0 Å². The van der Waals surface area contributed by atoms with Crippen LogP contribution in [0.3, 0.4) is 0 Å². The van der Waals surface area contributed by atoms with Crippen LogP contribution in [0.25, 0.3) is 0 Å². The molecule has 0 heterocycles. The van der Waals surface area contributed by atoms with Crippen molar-refractivity contribution in [3.05, 3.63) is 35.9 Å². The van der Waals surface area contributed by atoms with Gasteiger partial charge in [0.25, 0.3) is 0 Å². The number of nitrogens with two attached hydrogens (primary N) is 1.